The fourth-order valence-electron chi connectivity index (χ4n) is 1.45. The van der Waals surface area contributed by atoms with Crippen LogP contribution in [0, 0.1) is 5.92 Å². The van der Waals surface area contributed by atoms with Crippen molar-refractivity contribution < 1.29 is 9.90 Å². The zero-order chi connectivity index (χ0) is 13.4. The first-order valence-electron chi connectivity index (χ1n) is 6.22. The first-order chi connectivity index (χ1) is 8.61. The minimum Gasteiger partial charge on any atom is -0.396 e. The second kappa shape index (κ2) is 7.66. The van der Waals surface area contributed by atoms with Gasteiger partial charge in [0.1, 0.15) is 5.82 Å². The number of rotatable bonds is 7. The molecule has 3 N–H and O–H groups in total. The Bertz CT molecular complexity index is 363. The van der Waals surface area contributed by atoms with Crippen LogP contribution < -0.4 is 10.6 Å². The Labute approximate surface area is 108 Å². The van der Waals surface area contributed by atoms with Crippen molar-refractivity contribution in [2.24, 2.45) is 5.92 Å². The SMILES string of the molecule is CC(C)CC(=O)Nc1ccc(NCCCO)nc1. The van der Waals surface area contributed by atoms with Crippen molar-refractivity contribution in [1.82, 2.24) is 4.98 Å². The van der Waals surface area contributed by atoms with Gasteiger partial charge < -0.3 is 15.7 Å². The van der Waals surface area contributed by atoms with Gasteiger partial charge in [-0.2, -0.15) is 0 Å². The van der Waals surface area contributed by atoms with Crippen LogP contribution in [-0.4, -0.2) is 29.1 Å². The van der Waals surface area contributed by atoms with Crippen LogP contribution in [0.25, 0.3) is 0 Å². The molecule has 18 heavy (non-hydrogen) atoms. The van der Waals surface area contributed by atoms with E-state index in [-0.39, 0.29) is 12.5 Å². The normalized spacial score (nSPS) is 10.4. The fraction of sp³-hybridized carbons (Fsp3) is 0.538. The number of nitrogens with one attached hydrogen (secondary N) is 2. The lowest BCUT2D eigenvalue weighted by Gasteiger charge is -2.08. The maximum Gasteiger partial charge on any atom is 0.224 e. The number of aromatic nitrogens is 1. The van der Waals surface area contributed by atoms with Crippen molar-refractivity contribution in [3.63, 3.8) is 0 Å². The highest BCUT2D eigenvalue weighted by Crippen LogP contribution is 2.11. The van der Waals surface area contributed by atoms with Gasteiger partial charge in [-0.05, 0) is 24.5 Å². The number of aliphatic hydroxyl groups is 1. The first kappa shape index (κ1) is 14.4. The third-order valence-corrected chi connectivity index (χ3v) is 2.28. The van der Waals surface area contributed by atoms with Crippen molar-refractivity contribution in [3.05, 3.63) is 18.3 Å². The molecular formula is C13H21N3O2. The van der Waals surface area contributed by atoms with Crippen molar-refractivity contribution >= 4 is 17.4 Å². The number of amides is 1. The Balaban J connectivity index is 2.42. The van der Waals surface area contributed by atoms with Crippen molar-refractivity contribution in [2.45, 2.75) is 26.7 Å². The highest BCUT2D eigenvalue weighted by molar-refractivity contribution is 5.90. The molecule has 0 aromatic carbocycles. The molecule has 0 radical (unpaired) electrons. The summed E-state index contributed by atoms with van der Waals surface area (Å²) in [5.74, 6) is 1.09. The maximum absolute atomic E-state index is 11.5. The number of carbonyl (C=O) groups excluding carboxylic acids is 1. The van der Waals surface area contributed by atoms with Crippen LogP contribution in [0.1, 0.15) is 26.7 Å². The predicted octanol–water partition coefficient (Wildman–Crippen LogP) is 1.86. The predicted molar refractivity (Wildman–Crippen MR) is 72.5 cm³/mol. The van der Waals surface area contributed by atoms with E-state index in [1.807, 2.05) is 26.0 Å². The van der Waals surface area contributed by atoms with Crippen LogP contribution in [0.4, 0.5) is 11.5 Å². The summed E-state index contributed by atoms with van der Waals surface area (Å²) < 4.78 is 0. The Morgan fingerprint density at radius 1 is 1.44 bits per heavy atom. The third-order valence-electron chi connectivity index (χ3n) is 2.28. The molecule has 0 spiro atoms. The van der Waals surface area contributed by atoms with Crippen LogP contribution in [0.15, 0.2) is 18.3 Å². The van der Waals surface area contributed by atoms with Crippen molar-refractivity contribution in [2.75, 3.05) is 23.8 Å². The van der Waals surface area contributed by atoms with Crippen LogP contribution in [0.2, 0.25) is 0 Å². The molecule has 0 aliphatic rings. The standard InChI is InChI=1S/C13H21N3O2/c1-10(2)8-13(18)16-11-4-5-12(15-9-11)14-6-3-7-17/h4-5,9-10,17H,3,6-8H2,1-2H3,(H,14,15)(H,16,18). The molecule has 100 valence electrons. The second-order valence-electron chi connectivity index (χ2n) is 4.58. The molecule has 5 heteroatoms. The molecule has 1 aromatic heterocycles. The minimum absolute atomic E-state index is 0.00721. The summed E-state index contributed by atoms with van der Waals surface area (Å²) in [7, 11) is 0. The van der Waals surface area contributed by atoms with Gasteiger partial charge in [-0.1, -0.05) is 13.8 Å². The molecule has 0 fully saturated rings. The molecule has 1 amide bonds. The second-order valence-corrected chi connectivity index (χ2v) is 4.58. The van der Waals surface area contributed by atoms with Crippen LogP contribution in [-0.2, 0) is 4.79 Å². The quantitative estimate of drug-likeness (QED) is 0.647. The van der Waals surface area contributed by atoms with Gasteiger partial charge in [-0.15, -0.1) is 0 Å². The van der Waals surface area contributed by atoms with E-state index in [1.54, 1.807) is 6.20 Å². The summed E-state index contributed by atoms with van der Waals surface area (Å²) in [5, 5.41) is 14.5. The van der Waals surface area contributed by atoms with E-state index >= 15 is 0 Å². The van der Waals surface area contributed by atoms with Gasteiger partial charge in [-0.3, -0.25) is 4.79 Å². The topological polar surface area (TPSA) is 74.2 Å². The number of carbonyl (C=O) groups is 1. The molecular weight excluding hydrogens is 230 g/mol. The van der Waals surface area contributed by atoms with Gasteiger partial charge in [0.2, 0.25) is 5.91 Å². The van der Waals surface area contributed by atoms with Gasteiger partial charge in [0.05, 0.1) is 11.9 Å². The van der Waals surface area contributed by atoms with Crippen LogP contribution in [0.3, 0.4) is 0 Å². The number of pyridine rings is 1. The average Bonchev–Trinajstić information content (AvgIpc) is 2.30. The molecule has 0 aliphatic carbocycles. The lowest BCUT2D eigenvalue weighted by atomic mass is 10.1. The van der Waals surface area contributed by atoms with Crippen LogP contribution >= 0.6 is 0 Å². The molecule has 0 atom stereocenters. The van der Waals surface area contributed by atoms with E-state index in [0.717, 1.165) is 5.82 Å². The lowest BCUT2D eigenvalue weighted by Crippen LogP contribution is -2.14. The van der Waals surface area contributed by atoms with E-state index < -0.39 is 0 Å². The molecule has 1 heterocycles. The molecule has 0 saturated heterocycles. The Morgan fingerprint density at radius 2 is 2.22 bits per heavy atom. The van der Waals surface area contributed by atoms with Crippen LogP contribution in [0.5, 0.6) is 0 Å². The molecule has 1 aromatic rings. The zero-order valence-corrected chi connectivity index (χ0v) is 10.9. The monoisotopic (exact) mass is 251 g/mol. The first-order valence-corrected chi connectivity index (χ1v) is 6.22. The number of hydrogen-bond donors (Lipinski definition) is 3. The number of nitrogens with zero attached hydrogens (tertiary/aromatic N) is 1. The van der Waals surface area contributed by atoms with E-state index in [1.165, 1.54) is 0 Å². The van der Waals surface area contributed by atoms with Gasteiger partial charge >= 0.3 is 0 Å². The smallest absolute Gasteiger partial charge is 0.224 e. The van der Waals surface area contributed by atoms with Crippen molar-refractivity contribution in [1.29, 1.82) is 0 Å². The Morgan fingerprint density at radius 3 is 2.78 bits per heavy atom. The minimum atomic E-state index is 0.00721. The van der Waals surface area contributed by atoms with E-state index in [2.05, 4.69) is 15.6 Å². The molecule has 0 unspecified atom stereocenters. The van der Waals surface area contributed by atoms with E-state index in [0.29, 0.717) is 31.0 Å². The maximum atomic E-state index is 11.5. The summed E-state index contributed by atoms with van der Waals surface area (Å²) in [4.78, 5) is 15.7. The Kier molecular flexibility index (Phi) is 6.14. The fourth-order valence-corrected chi connectivity index (χ4v) is 1.45. The zero-order valence-electron chi connectivity index (χ0n) is 10.9. The number of aliphatic hydroxyl groups excluding tert-OH is 1. The Hall–Kier alpha value is -1.62. The largest absolute Gasteiger partial charge is 0.396 e. The van der Waals surface area contributed by atoms with Gasteiger partial charge in [0, 0.05) is 19.6 Å². The summed E-state index contributed by atoms with van der Waals surface area (Å²) in [5.41, 5.74) is 0.702. The molecule has 0 aliphatic heterocycles. The summed E-state index contributed by atoms with van der Waals surface area (Å²) in [6.07, 6.45) is 2.82. The molecule has 0 saturated carbocycles. The van der Waals surface area contributed by atoms with E-state index in [4.69, 9.17) is 5.11 Å². The summed E-state index contributed by atoms with van der Waals surface area (Å²) in [6, 6.07) is 3.62. The average molecular weight is 251 g/mol. The van der Waals surface area contributed by atoms with Crippen molar-refractivity contribution in [3.8, 4) is 0 Å². The molecule has 5 nitrogen and oxygen atoms in total. The summed E-state index contributed by atoms with van der Waals surface area (Å²) in [6.45, 7) is 4.86. The van der Waals surface area contributed by atoms with Gasteiger partial charge in [0.15, 0.2) is 0 Å². The molecule has 1 rings (SSSR count). The van der Waals surface area contributed by atoms with Gasteiger partial charge in [-0.25, -0.2) is 4.98 Å². The molecule has 0 bridgehead atoms. The van der Waals surface area contributed by atoms with Gasteiger partial charge in [0.25, 0.3) is 0 Å². The van der Waals surface area contributed by atoms with E-state index in [9.17, 15) is 4.79 Å². The highest BCUT2D eigenvalue weighted by atomic mass is 16.3. The highest BCUT2D eigenvalue weighted by Gasteiger charge is 2.05. The lowest BCUT2D eigenvalue weighted by molar-refractivity contribution is -0.116. The number of anilines is 2. The summed E-state index contributed by atoms with van der Waals surface area (Å²) >= 11 is 0. The number of hydrogen-bond acceptors (Lipinski definition) is 4. The third kappa shape index (κ3) is 5.63.